The number of aliphatic carboxylic acids is 1. The van der Waals surface area contributed by atoms with Gasteiger partial charge in [0.05, 0.1) is 5.69 Å². The van der Waals surface area contributed by atoms with E-state index in [-0.39, 0.29) is 5.92 Å². The molecule has 1 aromatic carbocycles. The van der Waals surface area contributed by atoms with Gasteiger partial charge in [0.25, 0.3) is 5.91 Å². The smallest absolute Gasteiger partial charge is 0.326 e. The molecule has 1 amide bonds. The third-order valence-electron chi connectivity index (χ3n) is 3.34. The van der Waals surface area contributed by atoms with Gasteiger partial charge in [-0.05, 0) is 36.6 Å². The molecule has 0 fully saturated rings. The first kappa shape index (κ1) is 15.7. The average Bonchev–Trinajstić information content (AvgIpc) is 2.97. The van der Waals surface area contributed by atoms with Crippen LogP contribution in [0.5, 0.6) is 0 Å². The van der Waals surface area contributed by atoms with Crippen LogP contribution in [0.2, 0.25) is 0 Å². The Morgan fingerprint density at radius 3 is 2.55 bits per heavy atom. The van der Waals surface area contributed by atoms with Crippen LogP contribution in [0.25, 0.3) is 5.69 Å². The van der Waals surface area contributed by atoms with Gasteiger partial charge < -0.3 is 10.4 Å². The molecule has 2 rings (SSSR count). The predicted molar refractivity (Wildman–Crippen MR) is 79.8 cm³/mol. The maximum Gasteiger partial charge on any atom is 0.326 e. The Morgan fingerprint density at radius 1 is 1.32 bits per heavy atom. The molecule has 0 spiro atoms. The zero-order valence-corrected chi connectivity index (χ0v) is 12.6. The SMILES string of the molecule is Cc1cc(C(=O)N[C@H](C(=O)O)C(C)C)ccc1-n1cncn1. The highest BCUT2D eigenvalue weighted by Crippen LogP contribution is 2.15. The van der Waals surface area contributed by atoms with E-state index >= 15 is 0 Å². The van der Waals surface area contributed by atoms with E-state index in [2.05, 4.69) is 15.4 Å². The first-order valence-corrected chi connectivity index (χ1v) is 6.89. The summed E-state index contributed by atoms with van der Waals surface area (Å²) >= 11 is 0. The molecular weight excluding hydrogens is 284 g/mol. The number of rotatable bonds is 5. The van der Waals surface area contributed by atoms with Gasteiger partial charge in [0, 0.05) is 5.56 Å². The lowest BCUT2D eigenvalue weighted by molar-refractivity contribution is -0.140. The van der Waals surface area contributed by atoms with Gasteiger partial charge in [0.2, 0.25) is 0 Å². The molecule has 7 nitrogen and oxygen atoms in total. The summed E-state index contributed by atoms with van der Waals surface area (Å²) in [4.78, 5) is 27.2. The van der Waals surface area contributed by atoms with E-state index in [0.717, 1.165) is 11.3 Å². The topological polar surface area (TPSA) is 97.1 Å². The molecule has 1 aromatic heterocycles. The van der Waals surface area contributed by atoms with Crippen molar-refractivity contribution in [3.63, 3.8) is 0 Å². The van der Waals surface area contributed by atoms with E-state index in [4.69, 9.17) is 5.11 Å². The molecule has 1 atom stereocenters. The van der Waals surface area contributed by atoms with Crippen LogP contribution in [-0.4, -0.2) is 37.8 Å². The lowest BCUT2D eigenvalue weighted by atomic mass is 10.0. The second-order valence-electron chi connectivity index (χ2n) is 5.37. The van der Waals surface area contributed by atoms with Crippen LogP contribution in [0.1, 0.15) is 29.8 Å². The molecule has 0 bridgehead atoms. The van der Waals surface area contributed by atoms with Crippen LogP contribution in [0, 0.1) is 12.8 Å². The average molecular weight is 302 g/mol. The number of aromatic nitrogens is 3. The number of carboxylic acids is 1. The van der Waals surface area contributed by atoms with Crippen LogP contribution in [0.3, 0.4) is 0 Å². The van der Waals surface area contributed by atoms with Crippen molar-refractivity contribution in [3.05, 3.63) is 42.0 Å². The summed E-state index contributed by atoms with van der Waals surface area (Å²) in [6.07, 6.45) is 3.00. The minimum Gasteiger partial charge on any atom is -0.480 e. The highest BCUT2D eigenvalue weighted by molar-refractivity contribution is 5.97. The molecule has 7 heteroatoms. The van der Waals surface area contributed by atoms with Crippen molar-refractivity contribution < 1.29 is 14.7 Å². The molecule has 0 aliphatic carbocycles. The molecule has 2 aromatic rings. The highest BCUT2D eigenvalue weighted by atomic mass is 16.4. The van der Waals surface area contributed by atoms with Gasteiger partial charge in [-0.15, -0.1) is 0 Å². The lowest BCUT2D eigenvalue weighted by Gasteiger charge is -2.18. The van der Waals surface area contributed by atoms with Gasteiger partial charge >= 0.3 is 5.97 Å². The van der Waals surface area contributed by atoms with Crippen LogP contribution in [-0.2, 0) is 4.79 Å². The van der Waals surface area contributed by atoms with Crippen LogP contribution in [0.15, 0.2) is 30.9 Å². The Labute approximate surface area is 128 Å². The van der Waals surface area contributed by atoms with E-state index in [1.54, 1.807) is 43.1 Å². The maximum absolute atomic E-state index is 12.2. The summed E-state index contributed by atoms with van der Waals surface area (Å²) < 4.78 is 1.60. The molecule has 2 N–H and O–H groups in total. The standard InChI is InChI=1S/C15H18N4O3/c1-9(2)13(15(21)22)18-14(20)11-4-5-12(10(3)6-11)19-8-16-7-17-19/h4-9,13H,1-3H3,(H,18,20)(H,21,22)/t13-/m0/s1. The van der Waals surface area contributed by atoms with Crippen molar-refractivity contribution in [2.75, 3.05) is 0 Å². The quantitative estimate of drug-likeness (QED) is 0.870. The van der Waals surface area contributed by atoms with Gasteiger partial charge in [-0.25, -0.2) is 14.5 Å². The van der Waals surface area contributed by atoms with Gasteiger partial charge in [0.1, 0.15) is 18.7 Å². The number of nitrogens with zero attached hydrogens (tertiary/aromatic N) is 3. The fourth-order valence-corrected chi connectivity index (χ4v) is 2.12. The zero-order valence-electron chi connectivity index (χ0n) is 12.6. The molecule has 0 unspecified atom stereocenters. The Kier molecular flexibility index (Phi) is 4.55. The second kappa shape index (κ2) is 6.38. The van der Waals surface area contributed by atoms with Gasteiger partial charge in [-0.3, -0.25) is 4.79 Å². The third-order valence-corrected chi connectivity index (χ3v) is 3.34. The summed E-state index contributed by atoms with van der Waals surface area (Å²) in [6, 6.07) is 4.18. The number of carbonyl (C=O) groups is 2. The fraction of sp³-hybridized carbons (Fsp3) is 0.333. The summed E-state index contributed by atoms with van der Waals surface area (Å²) in [5, 5.41) is 15.7. The highest BCUT2D eigenvalue weighted by Gasteiger charge is 2.24. The number of nitrogens with one attached hydrogen (secondary N) is 1. The normalized spacial score (nSPS) is 12.2. The van der Waals surface area contributed by atoms with Crippen molar-refractivity contribution in [1.29, 1.82) is 0 Å². The largest absolute Gasteiger partial charge is 0.480 e. The van der Waals surface area contributed by atoms with Crippen LogP contribution < -0.4 is 5.32 Å². The number of aryl methyl sites for hydroxylation is 1. The first-order valence-electron chi connectivity index (χ1n) is 6.89. The first-order chi connectivity index (χ1) is 10.4. The van der Waals surface area contributed by atoms with Crippen molar-refractivity contribution >= 4 is 11.9 Å². The van der Waals surface area contributed by atoms with E-state index in [1.807, 2.05) is 6.92 Å². The molecule has 0 saturated carbocycles. The molecule has 0 aliphatic heterocycles. The Morgan fingerprint density at radius 2 is 2.05 bits per heavy atom. The number of hydrogen-bond donors (Lipinski definition) is 2. The number of benzene rings is 1. The molecule has 0 saturated heterocycles. The zero-order chi connectivity index (χ0) is 16.3. The summed E-state index contributed by atoms with van der Waals surface area (Å²) in [7, 11) is 0. The Hall–Kier alpha value is -2.70. The minimum atomic E-state index is -1.04. The summed E-state index contributed by atoms with van der Waals surface area (Å²) in [5.41, 5.74) is 2.07. The Bertz CT molecular complexity index is 680. The van der Waals surface area contributed by atoms with E-state index in [0.29, 0.717) is 5.56 Å². The number of carboxylic acid groups (broad SMARTS) is 1. The lowest BCUT2D eigenvalue weighted by Crippen LogP contribution is -2.44. The van der Waals surface area contributed by atoms with E-state index < -0.39 is 17.9 Å². The van der Waals surface area contributed by atoms with Crippen molar-refractivity contribution in [1.82, 2.24) is 20.1 Å². The molecule has 116 valence electrons. The molecule has 22 heavy (non-hydrogen) atoms. The van der Waals surface area contributed by atoms with Gasteiger partial charge in [-0.2, -0.15) is 5.10 Å². The van der Waals surface area contributed by atoms with Crippen LogP contribution in [0.4, 0.5) is 0 Å². The van der Waals surface area contributed by atoms with Crippen molar-refractivity contribution in [2.45, 2.75) is 26.8 Å². The van der Waals surface area contributed by atoms with E-state index in [1.165, 1.54) is 6.33 Å². The van der Waals surface area contributed by atoms with Crippen molar-refractivity contribution in [3.8, 4) is 5.69 Å². The van der Waals surface area contributed by atoms with Crippen molar-refractivity contribution in [2.24, 2.45) is 5.92 Å². The molecular formula is C15H18N4O3. The number of amides is 1. The predicted octanol–water partition coefficient (Wildman–Crippen LogP) is 1.41. The number of carbonyl (C=O) groups excluding carboxylic acids is 1. The number of hydrogen-bond acceptors (Lipinski definition) is 4. The van der Waals surface area contributed by atoms with Gasteiger partial charge in [0.15, 0.2) is 0 Å². The molecule has 0 aliphatic rings. The van der Waals surface area contributed by atoms with Gasteiger partial charge in [-0.1, -0.05) is 13.8 Å². The molecule has 1 heterocycles. The Balaban J connectivity index is 2.21. The third kappa shape index (κ3) is 3.30. The summed E-state index contributed by atoms with van der Waals surface area (Å²) in [6.45, 7) is 5.35. The minimum absolute atomic E-state index is 0.197. The summed E-state index contributed by atoms with van der Waals surface area (Å²) in [5.74, 6) is -1.65. The monoisotopic (exact) mass is 302 g/mol. The fourth-order valence-electron chi connectivity index (χ4n) is 2.12. The maximum atomic E-state index is 12.2. The van der Waals surface area contributed by atoms with Crippen LogP contribution >= 0.6 is 0 Å². The molecule has 0 radical (unpaired) electrons. The second-order valence-corrected chi connectivity index (χ2v) is 5.37. The van der Waals surface area contributed by atoms with E-state index in [9.17, 15) is 9.59 Å².